The normalized spacial score (nSPS) is 22.1. The van der Waals surface area contributed by atoms with Crippen molar-refractivity contribution in [2.75, 3.05) is 6.54 Å². The molecule has 1 rings (SSSR count). The van der Waals surface area contributed by atoms with Gasteiger partial charge in [-0.3, -0.25) is 9.59 Å². The Hall–Kier alpha value is -1.63. The molecule has 0 saturated carbocycles. The maximum absolute atomic E-state index is 11.2. The quantitative estimate of drug-likeness (QED) is 0.539. The molecule has 0 aromatic rings. The zero-order chi connectivity index (χ0) is 12.3. The second-order valence-electron chi connectivity index (χ2n) is 3.76. The fraction of sp³-hybridized carbons (Fsp3) is 0.667. The molecule has 5 N–H and O–H groups in total. The zero-order valence-corrected chi connectivity index (χ0v) is 9.09. The predicted molar refractivity (Wildman–Crippen MR) is 57.6 cm³/mol. The molecule has 1 aliphatic heterocycles. The van der Waals surface area contributed by atoms with E-state index in [1.807, 2.05) is 0 Å². The topological polar surface area (TPSA) is 122 Å². The van der Waals surface area contributed by atoms with Crippen LogP contribution in [0.15, 0.2) is 4.99 Å². The lowest BCUT2D eigenvalue weighted by molar-refractivity contribution is -0.138. The summed E-state index contributed by atoms with van der Waals surface area (Å²) in [6, 6.07) is -1.23. The van der Waals surface area contributed by atoms with Gasteiger partial charge in [-0.2, -0.15) is 4.99 Å². The summed E-state index contributed by atoms with van der Waals surface area (Å²) >= 11 is 0. The van der Waals surface area contributed by atoms with Crippen LogP contribution in [0.5, 0.6) is 0 Å². The Bertz CT molecular complexity index is 329. The van der Waals surface area contributed by atoms with Gasteiger partial charge >= 0.3 is 5.97 Å². The molecule has 1 aliphatic rings. The van der Waals surface area contributed by atoms with Crippen LogP contribution in [-0.4, -0.2) is 46.5 Å². The third kappa shape index (κ3) is 2.69. The monoisotopic (exact) mass is 228 g/mol. The standard InChI is InChI=1S/C9H16N4O3/c1-5-7(14)12-9(11)13(5)4-2-3-6(10)8(15)16/h5-6H,2-4,10H2,1H3,(H,15,16)(H2,11,12,14)/t5-,6+/m1/s1. The number of hydrogen-bond donors (Lipinski definition) is 3. The summed E-state index contributed by atoms with van der Waals surface area (Å²) in [7, 11) is 0. The van der Waals surface area contributed by atoms with E-state index in [1.165, 1.54) is 0 Å². The maximum atomic E-state index is 11.2. The lowest BCUT2D eigenvalue weighted by atomic mass is 10.1. The number of rotatable bonds is 5. The number of hydrogen-bond acceptors (Lipinski definition) is 5. The van der Waals surface area contributed by atoms with Crippen LogP contribution in [0.25, 0.3) is 0 Å². The van der Waals surface area contributed by atoms with Gasteiger partial charge in [-0.05, 0) is 19.8 Å². The highest BCUT2D eigenvalue weighted by atomic mass is 16.4. The first kappa shape index (κ1) is 12.4. The molecule has 2 atom stereocenters. The van der Waals surface area contributed by atoms with Crippen molar-refractivity contribution in [1.82, 2.24) is 4.90 Å². The number of carbonyl (C=O) groups is 2. The van der Waals surface area contributed by atoms with E-state index < -0.39 is 12.0 Å². The number of nitrogens with zero attached hydrogens (tertiary/aromatic N) is 2. The number of aliphatic carboxylic acids is 1. The molecule has 90 valence electrons. The van der Waals surface area contributed by atoms with Crippen molar-refractivity contribution in [3.05, 3.63) is 0 Å². The highest BCUT2D eigenvalue weighted by molar-refractivity contribution is 6.01. The first-order valence-electron chi connectivity index (χ1n) is 5.06. The number of nitrogens with two attached hydrogens (primary N) is 2. The van der Waals surface area contributed by atoms with Crippen molar-refractivity contribution in [2.24, 2.45) is 16.5 Å². The molecular weight excluding hydrogens is 212 g/mol. The minimum atomic E-state index is -1.02. The molecule has 0 radical (unpaired) electrons. The summed E-state index contributed by atoms with van der Waals surface area (Å²) in [5.41, 5.74) is 10.9. The summed E-state index contributed by atoms with van der Waals surface area (Å²) in [5.74, 6) is -1.09. The van der Waals surface area contributed by atoms with Crippen LogP contribution in [-0.2, 0) is 9.59 Å². The lowest BCUT2D eigenvalue weighted by Crippen LogP contribution is -2.41. The van der Waals surface area contributed by atoms with Crippen LogP contribution in [0.2, 0.25) is 0 Å². The molecule has 0 aromatic heterocycles. The molecule has 0 unspecified atom stereocenters. The van der Waals surface area contributed by atoms with Crippen molar-refractivity contribution >= 4 is 17.8 Å². The number of carboxylic acids is 1. The minimum absolute atomic E-state index is 0.196. The molecule has 1 heterocycles. The fourth-order valence-corrected chi connectivity index (χ4v) is 1.52. The SMILES string of the molecule is C[C@@H]1C(=O)N=C(N)N1CCC[C@H](N)C(=O)O. The summed E-state index contributed by atoms with van der Waals surface area (Å²) in [6.45, 7) is 2.20. The van der Waals surface area contributed by atoms with Crippen LogP contribution in [0.3, 0.4) is 0 Å². The van der Waals surface area contributed by atoms with Gasteiger partial charge < -0.3 is 21.5 Å². The van der Waals surface area contributed by atoms with Crippen molar-refractivity contribution in [1.29, 1.82) is 0 Å². The largest absolute Gasteiger partial charge is 0.480 e. The van der Waals surface area contributed by atoms with Crippen molar-refractivity contribution < 1.29 is 14.7 Å². The molecule has 16 heavy (non-hydrogen) atoms. The van der Waals surface area contributed by atoms with Gasteiger partial charge in [0, 0.05) is 6.54 Å². The molecular formula is C9H16N4O3. The highest BCUT2D eigenvalue weighted by Crippen LogP contribution is 2.10. The number of carbonyl (C=O) groups excluding carboxylic acids is 1. The minimum Gasteiger partial charge on any atom is -0.480 e. The van der Waals surface area contributed by atoms with Crippen LogP contribution in [0.4, 0.5) is 0 Å². The van der Waals surface area contributed by atoms with Gasteiger partial charge in [-0.1, -0.05) is 0 Å². The molecule has 0 fully saturated rings. The lowest BCUT2D eigenvalue weighted by Gasteiger charge is -2.22. The molecule has 0 aromatic carbocycles. The molecule has 0 saturated heterocycles. The molecule has 0 bridgehead atoms. The van der Waals surface area contributed by atoms with E-state index in [2.05, 4.69) is 4.99 Å². The van der Waals surface area contributed by atoms with E-state index in [9.17, 15) is 9.59 Å². The van der Waals surface area contributed by atoms with Crippen LogP contribution in [0.1, 0.15) is 19.8 Å². The number of aliphatic imine (C=N–C) groups is 1. The second kappa shape index (κ2) is 4.93. The third-order valence-electron chi connectivity index (χ3n) is 2.58. The molecule has 0 spiro atoms. The summed E-state index contributed by atoms with van der Waals surface area (Å²) in [4.78, 5) is 26.9. The maximum Gasteiger partial charge on any atom is 0.320 e. The van der Waals surface area contributed by atoms with Gasteiger partial charge in [-0.15, -0.1) is 0 Å². The Labute approximate surface area is 93.1 Å². The Morgan fingerprint density at radius 3 is 2.75 bits per heavy atom. The van der Waals surface area contributed by atoms with Gasteiger partial charge in [-0.25, -0.2) is 0 Å². The van der Waals surface area contributed by atoms with Gasteiger partial charge in [0.05, 0.1) is 0 Å². The average molecular weight is 228 g/mol. The van der Waals surface area contributed by atoms with Crippen LogP contribution < -0.4 is 11.5 Å². The van der Waals surface area contributed by atoms with E-state index in [-0.39, 0.29) is 17.9 Å². The van der Waals surface area contributed by atoms with E-state index >= 15 is 0 Å². The second-order valence-corrected chi connectivity index (χ2v) is 3.76. The Balaban J connectivity index is 2.37. The summed E-state index contributed by atoms with van der Waals surface area (Å²) in [5, 5.41) is 8.58. The van der Waals surface area contributed by atoms with Gasteiger partial charge in [0.25, 0.3) is 5.91 Å². The fourth-order valence-electron chi connectivity index (χ4n) is 1.52. The number of guanidine groups is 1. The van der Waals surface area contributed by atoms with E-state index in [0.29, 0.717) is 19.4 Å². The Morgan fingerprint density at radius 1 is 1.69 bits per heavy atom. The average Bonchev–Trinajstić information content (AvgIpc) is 2.44. The number of carboxylic acid groups (broad SMARTS) is 1. The van der Waals surface area contributed by atoms with Crippen LogP contribution in [0, 0.1) is 0 Å². The summed E-state index contributed by atoms with van der Waals surface area (Å²) in [6.07, 6.45) is 0.904. The third-order valence-corrected chi connectivity index (χ3v) is 2.58. The summed E-state index contributed by atoms with van der Waals surface area (Å²) < 4.78 is 0. The smallest absolute Gasteiger partial charge is 0.320 e. The Kier molecular flexibility index (Phi) is 3.83. The van der Waals surface area contributed by atoms with E-state index in [4.69, 9.17) is 16.6 Å². The first-order chi connectivity index (χ1) is 7.43. The van der Waals surface area contributed by atoms with Crippen molar-refractivity contribution in [3.63, 3.8) is 0 Å². The van der Waals surface area contributed by atoms with Crippen molar-refractivity contribution in [3.8, 4) is 0 Å². The molecule has 7 heteroatoms. The van der Waals surface area contributed by atoms with E-state index in [1.54, 1.807) is 11.8 Å². The molecule has 7 nitrogen and oxygen atoms in total. The van der Waals surface area contributed by atoms with Gasteiger partial charge in [0.2, 0.25) is 0 Å². The number of amides is 1. The van der Waals surface area contributed by atoms with Crippen molar-refractivity contribution in [2.45, 2.75) is 31.8 Å². The highest BCUT2D eigenvalue weighted by Gasteiger charge is 2.29. The first-order valence-corrected chi connectivity index (χ1v) is 5.06. The van der Waals surface area contributed by atoms with Crippen LogP contribution >= 0.6 is 0 Å². The predicted octanol–water partition coefficient (Wildman–Crippen LogP) is -1.28. The van der Waals surface area contributed by atoms with Gasteiger partial charge in [0.1, 0.15) is 12.1 Å². The van der Waals surface area contributed by atoms with E-state index in [0.717, 1.165) is 0 Å². The van der Waals surface area contributed by atoms with Gasteiger partial charge in [0.15, 0.2) is 5.96 Å². The molecule has 0 aliphatic carbocycles. The molecule has 1 amide bonds. The zero-order valence-electron chi connectivity index (χ0n) is 9.09. The Morgan fingerprint density at radius 2 is 2.31 bits per heavy atom.